The van der Waals surface area contributed by atoms with E-state index in [2.05, 4.69) is 9.97 Å². The lowest BCUT2D eigenvalue weighted by Crippen LogP contribution is -2.46. The number of nitrogens with zero attached hydrogens (tertiary/aromatic N) is 3. The molecule has 2 aliphatic rings. The second-order valence-electron chi connectivity index (χ2n) is 5.09. The highest BCUT2D eigenvalue weighted by molar-refractivity contribution is 5.85. The van der Waals surface area contributed by atoms with Crippen LogP contribution in [0.2, 0.25) is 0 Å². The lowest BCUT2D eigenvalue weighted by Gasteiger charge is -2.33. The fraction of sp³-hybridized carbons (Fsp3) is 0.429. The average Bonchev–Trinajstić information content (AvgIpc) is 2.46. The highest BCUT2D eigenvalue weighted by Crippen LogP contribution is 2.22. The fourth-order valence-electron chi connectivity index (χ4n) is 2.36. The molecule has 0 unspecified atom stereocenters. The Morgan fingerprint density at radius 3 is 2.71 bits per heavy atom. The van der Waals surface area contributed by atoms with E-state index in [9.17, 15) is 9.59 Å². The molecule has 1 N–H and O–H groups in total. The first-order chi connectivity index (χ1) is 10.1. The first kappa shape index (κ1) is 13.7. The van der Waals surface area contributed by atoms with E-state index in [1.165, 1.54) is 6.20 Å². The second-order valence-corrected chi connectivity index (χ2v) is 5.09. The molecule has 2 aliphatic heterocycles. The van der Waals surface area contributed by atoms with Gasteiger partial charge in [0, 0.05) is 13.1 Å². The van der Waals surface area contributed by atoms with Gasteiger partial charge in [-0.3, -0.25) is 9.78 Å². The van der Waals surface area contributed by atoms with Gasteiger partial charge in [-0.1, -0.05) is 6.08 Å². The van der Waals surface area contributed by atoms with Gasteiger partial charge in [-0.2, -0.15) is 0 Å². The van der Waals surface area contributed by atoms with Crippen LogP contribution in [0, 0.1) is 5.92 Å². The average molecular weight is 289 g/mol. The van der Waals surface area contributed by atoms with Crippen LogP contribution >= 0.6 is 0 Å². The summed E-state index contributed by atoms with van der Waals surface area (Å²) in [5, 5.41) is 8.93. The Kier molecular flexibility index (Phi) is 3.66. The van der Waals surface area contributed by atoms with Crippen molar-refractivity contribution in [1.29, 1.82) is 0 Å². The van der Waals surface area contributed by atoms with Gasteiger partial charge in [0.1, 0.15) is 0 Å². The van der Waals surface area contributed by atoms with E-state index in [-0.39, 0.29) is 17.5 Å². The second kappa shape index (κ2) is 5.61. The molecule has 3 heterocycles. The Hall–Kier alpha value is -2.28. The van der Waals surface area contributed by atoms with Crippen LogP contribution in [0.3, 0.4) is 0 Å². The number of carbonyl (C=O) groups excluding carboxylic acids is 1. The van der Waals surface area contributed by atoms with Crippen molar-refractivity contribution in [2.75, 3.05) is 26.3 Å². The van der Waals surface area contributed by atoms with Crippen molar-refractivity contribution < 1.29 is 19.4 Å². The van der Waals surface area contributed by atoms with Crippen LogP contribution < -0.4 is 0 Å². The SMILES string of the molecule is O=C(O)c1cncc(C2=CCN(C(=O)C3COC3)CC2)n1. The molecule has 1 fully saturated rings. The third-order valence-corrected chi connectivity index (χ3v) is 3.69. The molecule has 1 saturated heterocycles. The van der Waals surface area contributed by atoms with Gasteiger partial charge in [0.15, 0.2) is 5.69 Å². The summed E-state index contributed by atoms with van der Waals surface area (Å²) < 4.78 is 5.04. The van der Waals surface area contributed by atoms with Gasteiger partial charge in [0.2, 0.25) is 5.91 Å². The molecule has 7 heteroatoms. The molecule has 0 saturated carbocycles. The molecule has 0 bridgehead atoms. The number of carboxylic acid groups (broad SMARTS) is 1. The van der Waals surface area contributed by atoms with Gasteiger partial charge in [-0.15, -0.1) is 0 Å². The molecule has 0 aromatic carbocycles. The molecule has 0 spiro atoms. The number of hydrogen-bond acceptors (Lipinski definition) is 5. The number of rotatable bonds is 3. The van der Waals surface area contributed by atoms with Gasteiger partial charge < -0.3 is 14.7 Å². The Morgan fingerprint density at radius 1 is 1.33 bits per heavy atom. The van der Waals surface area contributed by atoms with Crippen LogP contribution in [0.15, 0.2) is 18.5 Å². The van der Waals surface area contributed by atoms with Crippen LogP contribution in [0.25, 0.3) is 5.57 Å². The summed E-state index contributed by atoms with van der Waals surface area (Å²) >= 11 is 0. The Labute approximate surface area is 121 Å². The maximum atomic E-state index is 12.1. The number of hydrogen-bond donors (Lipinski definition) is 1. The molecule has 1 aromatic rings. The minimum absolute atomic E-state index is 0.00456. The number of aromatic carboxylic acids is 1. The molecule has 110 valence electrons. The quantitative estimate of drug-likeness (QED) is 0.867. The van der Waals surface area contributed by atoms with Gasteiger partial charge in [-0.05, 0) is 12.0 Å². The molecule has 7 nitrogen and oxygen atoms in total. The minimum Gasteiger partial charge on any atom is -0.476 e. The van der Waals surface area contributed by atoms with Crippen molar-refractivity contribution in [3.63, 3.8) is 0 Å². The van der Waals surface area contributed by atoms with Crippen molar-refractivity contribution in [2.24, 2.45) is 5.92 Å². The first-order valence-corrected chi connectivity index (χ1v) is 6.76. The Balaban J connectivity index is 1.70. The van der Waals surface area contributed by atoms with Crippen LogP contribution in [-0.4, -0.2) is 58.2 Å². The van der Waals surface area contributed by atoms with Gasteiger partial charge in [0.25, 0.3) is 0 Å². The molecule has 21 heavy (non-hydrogen) atoms. The number of ether oxygens (including phenoxy) is 1. The smallest absolute Gasteiger partial charge is 0.356 e. The van der Waals surface area contributed by atoms with E-state index in [0.29, 0.717) is 38.4 Å². The van der Waals surface area contributed by atoms with Crippen molar-refractivity contribution in [1.82, 2.24) is 14.9 Å². The van der Waals surface area contributed by atoms with E-state index < -0.39 is 5.97 Å². The third kappa shape index (κ3) is 2.78. The van der Waals surface area contributed by atoms with Crippen LogP contribution in [0.1, 0.15) is 22.6 Å². The summed E-state index contributed by atoms with van der Waals surface area (Å²) in [4.78, 5) is 32.8. The monoisotopic (exact) mass is 289 g/mol. The number of amides is 1. The topological polar surface area (TPSA) is 92.6 Å². The normalized spacial score (nSPS) is 18.9. The predicted octanol–water partition coefficient (Wildman–Crippen LogP) is 0.437. The Bertz CT molecular complexity index is 610. The van der Waals surface area contributed by atoms with Gasteiger partial charge in [-0.25, -0.2) is 9.78 Å². The minimum atomic E-state index is -1.09. The summed E-state index contributed by atoms with van der Waals surface area (Å²) in [6, 6.07) is 0. The highest BCUT2D eigenvalue weighted by atomic mass is 16.5. The van der Waals surface area contributed by atoms with Crippen molar-refractivity contribution >= 4 is 17.4 Å². The molecule has 1 aromatic heterocycles. The molecule has 1 amide bonds. The molecule has 0 aliphatic carbocycles. The van der Waals surface area contributed by atoms with E-state index in [1.54, 1.807) is 11.1 Å². The zero-order chi connectivity index (χ0) is 14.8. The predicted molar refractivity (Wildman–Crippen MR) is 72.5 cm³/mol. The van der Waals surface area contributed by atoms with Crippen molar-refractivity contribution in [2.45, 2.75) is 6.42 Å². The molecule has 3 rings (SSSR count). The summed E-state index contributed by atoms with van der Waals surface area (Å²) in [5.74, 6) is -0.973. The molecular weight excluding hydrogens is 274 g/mol. The van der Waals surface area contributed by atoms with E-state index in [0.717, 1.165) is 5.57 Å². The van der Waals surface area contributed by atoms with E-state index in [4.69, 9.17) is 9.84 Å². The number of aromatic nitrogens is 2. The van der Waals surface area contributed by atoms with Gasteiger partial charge in [0.05, 0.1) is 37.2 Å². The maximum Gasteiger partial charge on any atom is 0.356 e. The van der Waals surface area contributed by atoms with Crippen LogP contribution in [-0.2, 0) is 9.53 Å². The summed E-state index contributed by atoms with van der Waals surface area (Å²) in [6.45, 7) is 2.15. The molecule has 0 radical (unpaired) electrons. The third-order valence-electron chi connectivity index (χ3n) is 3.69. The van der Waals surface area contributed by atoms with Crippen LogP contribution in [0.5, 0.6) is 0 Å². The maximum absolute atomic E-state index is 12.1. The lowest BCUT2D eigenvalue weighted by atomic mass is 10.0. The highest BCUT2D eigenvalue weighted by Gasteiger charge is 2.31. The van der Waals surface area contributed by atoms with Crippen molar-refractivity contribution in [3.8, 4) is 0 Å². The van der Waals surface area contributed by atoms with E-state index in [1.807, 2.05) is 6.08 Å². The first-order valence-electron chi connectivity index (χ1n) is 6.76. The number of carboxylic acids is 1. The Morgan fingerprint density at radius 2 is 2.14 bits per heavy atom. The van der Waals surface area contributed by atoms with Crippen LogP contribution in [0.4, 0.5) is 0 Å². The zero-order valence-electron chi connectivity index (χ0n) is 11.4. The summed E-state index contributed by atoms with van der Waals surface area (Å²) in [7, 11) is 0. The zero-order valence-corrected chi connectivity index (χ0v) is 11.4. The van der Waals surface area contributed by atoms with Crippen molar-refractivity contribution in [3.05, 3.63) is 29.9 Å². The summed E-state index contributed by atoms with van der Waals surface area (Å²) in [5.41, 5.74) is 1.42. The van der Waals surface area contributed by atoms with Gasteiger partial charge >= 0.3 is 5.97 Å². The van der Waals surface area contributed by atoms with E-state index >= 15 is 0 Å². The molecule has 0 atom stereocenters. The largest absolute Gasteiger partial charge is 0.476 e. The molecular formula is C14H15N3O4. The standard InChI is InChI=1S/C14H15N3O4/c18-13(10-7-21-8-10)17-3-1-9(2-4-17)11-5-15-6-12(16-11)14(19)20/h1,5-6,10H,2-4,7-8H2,(H,19,20). The summed E-state index contributed by atoms with van der Waals surface area (Å²) in [6.07, 6.45) is 5.34. The lowest BCUT2D eigenvalue weighted by molar-refractivity contribution is -0.149. The fourth-order valence-corrected chi connectivity index (χ4v) is 2.36. The number of carbonyl (C=O) groups is 2.